The van der Waals surface area contributed by atoms with Crippen molar-refractivity contribution in [3.05, 3.63) is 35.6 Å². The van der Waals surface area contributed by atoms with E-state index in [1.807, 2.05) is 7.05 Å². The van der Waals surface area contributed by atoms with Gasteiger partial charge in [-0.05, 0) is 37.6 Å². The predicted octanol–water partition coefficient (Wildman–Crippen LogP) is 3.25. The maximum Gasteiger partial charge on any atom is 0.315 e. The minimum atomic E-state index is -1.14. The Balaban J connectivity index is 2.31. The fraction of sp³-hybridized carbons (Fsp3) is 0.385. The van der Waals surface area contributed by atoms with E-state index < -0.39 is 11.8 Å². The van der Waals surface area contributed by atoms with Gasteiger partial charge in [-0.25, -0.2) is 0 Å². The molecule has 1 aromatic carbocycles. The third kappa shape index (κ3) is 2.31. The Morgan fingerprint density at radius 1 is 1.35 bits per heavy atom. The van der Waals surface area contributed by atoms with Crippen LogP contribution in [0.3, 0.4) is 0 Å². The van der Waals surface area contributed by atoms with Crippen LogP contribution in [0.5, 0.6) is 0 Å². The van der Waals surface area contributed by atoms with E-state index in [2.05, 4.69) is 12.2 Å². The number of nitrogens with one attached hydrogen (secondary N) is 1. The second-order valence-electron chi connectivity index (χ2n) is 4.12. The zero-order valence-electron chi connectivity index (χ0n) is 9.89. The molecule has 2 nitrogen and oxygen atoms in total. The smallest absolute Gasteiger partial charge is 0.315 e. The summed E-state index contributed by atoms with van der Waals surface area (Å²) in [5.74, 6) is -0.910. The number of rotatable bonds is 4. The quantitative estimate of drug-likeness (QED) is 0.886. The molecule has 0 aliphatic rings. The van der Waals surface area contributed by atoms with E-state index in [1.165, 1.54) is 0 Å². The Hall–Kier alpha value is -1.42. The van der Waals surface area contributed by atoms with Crippen LogP contribution in [0.2, 0.25) is 0 Å². The molecule has 92 valence electrons. The molecule has 0 fully saturated rings. The summed E-state index contributed by atoms with van der Waals surface area (Å²) in [5, 5.41) is 3.38. The van der Waals surface area contributed by atoms with E-state index in [1.54, 1.807) is 18.2 Å². The average molecular weight is 239 g/mol. The highest BCUT2D eigenvalue weighted by molar-refractivity contribution is 5.78. The molecule has 0 bridgehead atoms. The first-order valence-corrected chi connectivity index (χ1v) is 5.69. The summed E-state index contributed by atoms with van der Waals surface area (Å²) in [6.07, 6.45) is 1.81. The first-order chi connectivity index (χ1) is 8.15. The Morgan fingerprint density at radius 2 is 2.12 bits per heavy atom. The molecule has 0 saturated carbocycles. The molecule has 0 saturated heterocycles. The van der Waals surface area contributed by atoms with Crippen LogP contribution in [-0.2, 0) is 6.42 Å². The summed E-state index contributed by atoms with van der Waals surface area (Å²) in [5.41, 5.74) is 1.27. The lowest BCUT2D eigenvalue weighted by Crippen LogP contribution is -2.26. The molecule has 1 atom stereocenters. The molecule has 0 amide bonds. The van der Waals surface area contributed by atoms with Crippen molar-refractivity contribution in [2.75, 3.05) is 7.05 Å². The first-order valence-electron chi connectivity index (χ1n) is 5.69. The summed E-state index contributed by atoms with van der Waals surface area (Å²) in [6, 6.07) is 4.28. The molecular formula is C13H15F2NO. The van der Waals surface area contributed by atoms with Gasteiger partial charge in [0.2, 0.25) is 5.82 Å². The van der Waals surface area contributed by atoms with Crippen LogP contribution >= 0.6 is 0 Å². The summed E-state index contributed by atoms with van der Waals surface area (Å²) < 4.78 is 30.8. The molecule has 0 radical (unpaired) electrons. The van der Waals surface area contributed by atoms with Gasteiger partial charge >= 0.3 is 6.01 Å². The van der Waals surface area contributed by atoms with Gasteiger partial charge in [-0.3, -0.25) is 0 Å². The molecular weight excluding hydrogens is 224 g/mol. The van der Waals surface area contributed by atoms with E-state index in [0.29, 0.717) is 6.04 Å². The van der Waals surface area contributed by atoms with Crippen molar-refractivity contribution in [1.82, 2.24) is 5.32 Å². The lowest BCUT2D eigenvalue weighted by molar-refractivity contribution is 0.342. The molecule has 0 aliphatic heterocycles. The molecule has 17 heavy (non-hydrogen) atoms. The second-order valence-corrected chi connectivity index (χ2v) is 4.12. The number of hydrogen-bond donors (Lipinski definition) is 1. The molecule has 1 heterocycles. The third-order valence-corrected chi connectivity index (χ3v) is 3.04. The van der Waals surface area contributed by atoms with Crippen LogP contribution in [0, 0.1) is 11.8 Å². The van der Waals surface area contributed by atoms with Gasteiger partial charge in [0.15, 0.2) is 0 Å². The van der Waals surface area contributed by atoms with Crippen molar-refractivity contribution in [2.24, 2.45) is 0 Å². The van der Waals surface area contributed by atoms with Crippen LogP contribution in [0.25, 0.3) is 11.0 Å². The van der Waals surface area contributed by atoms with Gasteiger partial charge in [0, 0.05) is 6.04 Å². The molecule has 2 aromatic rings. The number of hydrogen-bond acceptors (Lipinski definition) is 2. The zero-order valence-corrected chi connectivity index (χ0v) is 9.89. The fourth-order valence-electron chi connectivity index (χ4n) is 1.94. The molecule has 2 rings (SSSR count). The van der Waals surface area contributed by atoms with Gasteiger partial charge in [0.25, 0.3) is 0 Å². The third-order valence-electron chi connectivity index (χ3n) is 3.04. The van der Waals surface area contributed by atoms with Crippen LogP contribution in [0.4, 0.5) is 8.78 Å². The standard InChI is InChI=1S/C13H15F2NO/c1-3-9(16-2)6-8-4-5-10-11(7-8)17-13(15)12(10)14/h4-5,7,9,16H,3,6H2,1-2H3/t9-/m1/s1. The maximum absolute atomic E-state index is 13.2. The normalized spacial score (nSPS) is 13.2. The minimum absolute atomic E-state index is 0.198. The van der Waals surface area contributed by atoms with Gasteiger partial charge in [0.05, 0.1) is 5.39 Å². The molecule has 0 unspecified atom stereocenters. The monoisotopic (exact) mass is 239 g/mol. The highest BCUT2D eigenvalue weighted by Gasteiger charge is 2.14. The van der Waals surface area contributed by atoms with Crippen molar-refractivity contribution in [2.45, 2.75) is 25.8 Å². The Morgan fingerprint density at radius 3 is 2.76 bits per heavy atom. The Labute approximate surface area is 98.6 Å². The highest BCUT2D eigenvalue weighted by atomic mass is 19.2. The summed E-state index contributed by atoms with van der Waals surface area (Å²) in [7, 11) is 1.90. The fourth-order valence-corrected chi connectivity index (χ4v) is 1.94. The SMILES string of the molecule is CC[C@H](Cc1ccc2c(F)c(F)oc2c1)NC. The van der Waals surface area contributed by atoms with Crippen molar-refractivity contribution < 1.29 is 13.2 Å². The molecule has 1 aromatic heterocycles. The van der Waals surface area contributed by atoms with E-state index in [0.717, 1.165) is 18.4 Å². The van der Waals surface area contributed by atoms with Crippen LogP contribution in [0.15, 0.2) is 22.6 Å². The van der Waals surface area contributed by atoms with Crippen LogP contribution in [-0.4, -0.2) is 13.1 Å². The topological polar surface area (TPSA) is 25.2 Å². The molecule has 0 aliphatic carbocycles. The van der Waals surface area contributed by atoms with E-state index in [-0.39, 0.29) is 11.0 Å². The lowest BCUT2D eigenvalue weighted by atomic mass is 10.0. The van der Waals surface area contributed by atoms with Gasteiger partial charge in [-0.1, -0.05) is 13.0 Å². The molecule has 4 heteroatoms. The first kappa shape index (κ1) is 12.0. The maximum atomic E-state index is 13.2. The summed E-state index contributed by atoms with van der Waals surface area (Å²) in [6.45, 7) is 2.09. The number of fused-ring (bicyclic) bond motifs is 1. The van der Waals surface area contributed by atoms with E-state index in [9.17, 15) is 8.78 Å². The zero-order chi connectivity index (χ0) is 12.4. The van der Waals surface area contributed by atoms with Gasteiger partial charge in [-0.15, -0.1) is 0 Å². The van der Waals surface area contributed by atoms with Gasteiger partial charge in [-0.2, -0.15) is 8.78 Å². The average Bonchev–Trinajstić information content (AvgIpc) is 2.62. The predicted molar refractivity (Wildman–Crippen MR) is 63.0 cm³/mol. The van der Waals surface area contributed by atoms with Crippen molar-refractivity contribution in [3.8, 4) is 0 Å². The molecule has 0 spiro atoms. The Kier molecular flexibility index (Phi) is 3.43. The second kappa shape index (κ2) is 4.84. The summed E-state index contributed by atoms with van der Waals surface area (Å²) >= 11 is 0. The van der Waals surface area contributed by atoms with Crippen LogP contribution < -0.4 is 5.32 Å². The lowest BCUT2D eigenvalue weighted by Gasteiger charge is -2.13. The number of benzene rings is 1. The van der Waals surface area contributed by atoms with Crippen LogP contribution in [0.1, 0.15) is 18.9 Å². The van der Waals surface area contributed by atoms with E-state index in [4.69, 9.17) is 4.42 Å². The minimum Gasteiger partial charge on any atom is -0.429 e. The van der Waals surface area contributed by atoms with Crippen molar-refractivity contribution >= 4 is 11.0 Å². The summed E-state index contributed by atoms with van der Waals surface area (Å²) in [4.78, 5) is 0. The van der Waals surface area contributed by atoms with Gasteiger partial charge < -0.3 is 9.73 Å². The van der Waals surface area contributed by atoms with Crippen molar-refractivity contribution in [3.63, 3.8) is 0 Å². The van der Waals surface area contributed by atoms with E-state index >= 15 is 0 Å². The van der Waals surface area contributed by atoms with Crippen molar-refractivity contribution in [1.29, 1.82) is 0 Å². The highest BCUT2D eigenvalue weighted by Crippen LogP contribution is 2.24. The number of halogens is 2. The Bertz CT molecular complexity index is 517. The van der Waals surface area contributed by atoms with Gasteiger partial charge in [0.1, 0.15) is 5.58 Å². The largest absolute Gasteiger partial charge is 0.429 e. The number of likely N-dealkylation sites (N-methyl/N-ethyl adjacent to an activating group) is 1. The number of furan rings is 1. The molecule has 1 N–H and O–H groups in total.